The number of anilines is 1. The van der Waals surface area contributed by atoms with Crippen molar-refractivity contribution >= 4 is 29.0 Å². The SMILES string of the molecule is CCOc1cc(C2C(C(=O)CC(C)C)=C(O)C(=O)N2c2ccc(Cl)cc2)ccc1OC. The van der Waals surface area contributed by atoms with Crippen molar-refractivity contribution in [2.24, 2.45) is 5.92 Å². The molecule has 1 amide bonds. The number of aliphatic hydroxyl groups is 1. The number of rotatable bonds is 8. The third-order valence-corrected chi connectivity index (χ3v) is 5.26. The molecule has 164 valence electrons. The predicted molar refractivity (Wildman–Crippen MR) is 120 cm³/mol. The van der Waals surface area contributed by atoms with Crippen molar-refractivity contribution < 1.29 is 24.2 Å². The van der Waals surface area contributed by atoms with Crippen LogP contribution in [-0.2, 0) is 9.59 Å². The normalized spacial score (nSPS) is 16.3. The number of hydrogen-bond acceptors (Lipinski definition) is 5. The molecule has 0 fully saturated rings. The van der Waals surface area contributed by atoms with Gasteiger partial charge in [0.05, 0.1) is 25.3 Å². The van der Waals surface area contributed by atoms with E-state index in [4.69, 9.17) is 21.1 Å². The van der Waals surface area contributed by atoms with E-state index in [0.29, 0.717) is 34.4 Å². The largest absolute Gasteiger partial charge is 0.503 e. The Kier molecular flexibility index (Phi) is 6.91. The molecule has 1 heterocycles. The molecule has 0 aliphatic carbocycles. The maximum absolute atomic E-state index is 13.1. The van der Waals surface area contributed by atoms with Gasteiger partial charge in [0.1, 0.15) is 0 Å². The van der Waals surface area contributed by atoms with Gasteiger partial charge in [-0.1, -0.05) is 31.5 Å². The lowest BCUT2D eigenvalue weighted by Gasteiger charge is -2.27. The van der Waals surface area contributed by atoms with Crippen LogP contribution in [-0.4, -0.2) is 30.5 Å². The molecule has 6 nitrogen and oxygen atoms in total. The highest BCUT2D eigenvalue weighted by atomic mass is 35.5. The third kappa shape index (κ3) is 4.54. The van der Waals surface area contributed by atoms with Crippen LogP contribution in [0, 0.1) is 5.92 Å². The minimum atomic E-state index is -0.801. The summed E-state index contributed by atoms with van der Waals surface area (Å²) in [6.45, 7) is 6.11. The number of amides is 1. The monoisotopic (exact) mass is 443 g/mol. The van der Waals surface area contributed by atoms with Gasteiger partial charge in [-0.2, -0.15) is 0 Å². The highest BCUT2D eigenvalue weighted by molar-refractivity contribution is 6.30. The first-order valence-corrected chi connectivity index (χ1v) is 10.5. The minimum absolute atomic E-state index is 0.0722. The van der Waals surface area contributed by atoms with Gasteiger partial charge in [-0.15, -0.1) is 0 Å². The summed E-state index contributed by atoms with van der Waals surface area (Å²) in [5, 5.41) is 11.2. The van der Waals surface area contributed by atoms with E-state index in [1.807, 2.05) is 20.8 Å². The molecule has 1 N–H and O–H groups in total. The molecule has 7 heteroatoms. The maximum atomic E-state index is 13.1. The molecule has 0 bridgehead atoms. The number of ketones is 1. The van der Waals surface area contributed by atoms with Crippen molar-refractivity contribution in [3.63, 3.8) is 0 Å². The average Bonchev–Trinajstić information content (AvgIpc) is 2.99. The van der Waals surface area contributed by atoms with Crippen LogP contribution in [0.1, 0.15) is 38.8 Å². The van der Waals surface area contributed by atoms with E-state index in [0.717, 1.165) is 0 Å². The summed E-state index contributed by atoms with van der Waals surface area (Å²) in [5.74, 6) is -0.323. The summed E-state index contributed by atoms with van der Waals surface area (Å²) in [5.41, 5.74) is 1.23. The van der Waals surface area contributed by atoms with E-state index < -0.39 is 17.7 Å². The number of hydrogen-bond donors (Lipinski definition) is 1. The molecular formula is C24H26ClNO5. The highest BCUT2D eigenvalue weighted by Crippen LogP contribution is 2.43. The van der Waals surface area contributed by atoms with E-state index in [-0.39, 0.29) is 23.7 Å². The fourth-order valence-electron chi connectivity index (χ4n) is 3.69. The van der Waals surface area contributed by atoms with Crippen molar-refractivity contribution in [2.45, 2.75) is 33.2 Å². The fraction of sp³-hybridized carbons (Fsp3) is 0.333. The maximum Gasteiger partial charge on any atom is 0.294 e. The molecule has 1 aliphatic heterocycles. The Morgan fingerprint density at radius 3 is 2.42 bits per heavy atom. The molecule has 0 aromatic heterocycles. The van der Waals surface area contributed by atoms with Gasteiger partial charge < -0.3 is 14.6 Å². The molecule has 2 aromatic carbocycles. The fourth-order valence-corrected chi connectivity index (χ4v) is 3.81. The zero-order valence-electron chi connectivity index (χ0n) is 18.0. The number of aliphatic hydroxyl groups excluding tert-OH is 1. The van der Waals surface area contributed by atoms with E-state index >= 15 is 0 Å². The second kappa shape index (κ2) is 9.43. The van der Waals surface area contributed by atoms with Crippen molar-refractivity contribution in [2.75, 3.05) is 18.6 Å². The van der Waals surface area contributed by atoms with Crippen LogP contribution < -0.4 is 14.4 Å². The predicted octanol–water partition coefficient (Wildman–Crippen LogP) is 5.26. The van der Waals surface area contributed by atoms with Gasteiger partial charge in [0.15, 0.2) is 23.0 Å². The van der Waals surface area contributed by atoms with Gasteiger partial charge in [0.2, 0.25) is 0 Å². The van der Waals surface area contributed by atoms with E-state index in [1.165, 1.54) is 4.90 Å². The summed E-state index contributed by atoms with van der Waals surface area (Å²) >= 11 is 6.01. The van der Waals surface area contributed by atoms with Crippen molar-refractivity contribution in [1.82, 2.24) is 0 Å². The molecule has 3 rings (SSSR count). The topological polar surface area (TPSA) is 76.1 Å². The molecule has 1 atom stereocenters. The number of Topliss-reactive ketones (excluding diaryl/α,β-unsaturated/α-hetero) is 1. The summed E-state index contributed by atoms with van der Waals surface area (Å²) < 4.78 is 11.1. The van der Waals surface area contributed by atoms with Gasteiger partial charge >= 0.3 is 0 Å². The molecule has 1 aliphatic rings. The van der Waals surface area contributed by atoms with Gasteiger partial charge in [0.25, 0.3) is 5.91 Å². The minimum Gasteiger partial charge on any atom is -0.503 e. The Balaban J connectivity index is 2.17. The molecule has 0 saturated heterocycles. The Labute approximate surface area is 187 Å². The summed E-state index contributed by atoms with van der Waals surface area (Å²) in [6.07, 6.45) is 0.214. The first-order valence-electron chi connectivity index (χ1n) is 10.1. The Hall–Kier alpha value is -2.99. The number of carbonyl (C=O) groups is 2. The van der Waals surface area contributed by atoms with Crippen LogP contribution in [0.3, 0.4) is 0 Å². The zero-order chi connectivity index (χ0) is 22.7. The Bertz CT molecular complexity index is 1010. The lowest BCUT2D eigenvalue weighted by atomic mass is 9.91. The zero-order valence-corrected chi connectivity index (χ0v) is 18.8. The molecule has 2 aromatic rings. The van der Waals surface area contributed by atoms with Crippen molar-refractivity contribution in [1.29, 1.82) is 0 Å². The number of benzene rings is 2. The third-order valence-electron chi connectivity index (χ3n) is 5.01. The smallest absolute Gasteiger partial charge is 0.294 e. The molecule has 0 spiro atoms. The van der Waals surface area contributed by atoms with E-state index in [9.17, 15) is 14.7 Å². The summed E-state index contributed by atoms with van der Waals surface area (Å²) in [6, 6.07) is 11.1. The molecule has 0 saturated carbocycles. The van der Waals surface area contributed by atoms with Crippen molar-refractivity contribution in [3.05, 3.63) is 64.4 Å². The van der Waals surface area contributed by atoms with Gasteiger partial charge in [-0.3, -0.25) is 14.5 Å². The lowest BCUT2D eigenvalue weighted by Crippen LogP contribution is -2.31. The first-order chi connectivity index (χ1) is 14.8. The van der Waals surface area contributed by atoms with Gasteiger partial charge in [-0.25, -0.2) is 0 Å². The van der Waals surface area contributed by atoms with Gasteiger partial charge in [0, 0.05) is 17.1 Å². The standard InChI is InChI=1S/C24H26ClNO5/c1-5-31-20-13-15(6-11-19(20)30-4)22-21(18(27)12-14(2)3)23(28)24(29)26(22)17-9-7-16(25)8-10-17/h6-11,13-14,22,28H,5,12H2,1-4H3. The summed E-state index contributed by atoms with van der Waals surface area (Å²) in [7, 11) is 1.54. The first kappa shape index (κ1) is 22.7. The van der Waals surface area contributed by atoms with Crippen LogP contribution >= 0.6 is 11.6 Å². The Morgan fingerprint density at radius 2 is 1.84 bits per heavy atom. The molecular weight excluding hydrogens is 418 g/mol. The number of carbonyl (C=O) groups excluding carboxylic acids is 2. The highest BCUT2D eigenvalue weighted by Gasteiger charge is 2.44. The van der Waals surface area contributed by atoms with Crippen molar-refractivity contribution in [3.8, 4) is 11.5 Å². The summed E-state index contributed by atoms with van der Waals surface area (Å²) in [4.78, 5) is 27.6. The van der Waals surface area contributed by atoms with E-state index in [1.54, 1.807) is 49.6 Å². The second-order valence-electron chi connectivity index (χ2n) is 7.68. The van der Waals surface area contributed by atoms with Crippen LogP contribution in [0.25, 0.3) is 0 Å². The van der Waals surface area contributed by atoms with Crippen LogP contribution in [0.5, 0.6) is 11.5 Å². The van der Waals surface area contributed by atoms with Gasteiger partial charge in [-0.05, 0) is 54.8 Å². The number of nitrogens with zero attached hydrogens (tertiary/aromatic N) is 1. The average molecular weight is 444 g/mol. The number of methoxy groups -OCH3 is 1. The van der Waals surface area contributed by atoms with Crippen LogP contribution in [0.15, 0.2) is 53.8 Å². The quantitative estimate of drug-likeness (QED) is 0.602. The number of ether oxygens (including phenoxy) is 2. The lowest BCUT2D eigenvalue weighted by molar-refractivity contribution is -0.118. The van der Waals surface area contributed by atoms with Crippen LogP contribution in [0.4, 0.5) is 5.69 Å². The molecule has 1 unspecified atom stereocenters. The number of halogens is 1. The molecule has 0 radical (unpaired) electrons. The molecule has 31 heavy (non-hydrogen) atoms. The van der Waals surface area contributed by atoms with Crippen LogP contribution in [0.2, 0.25) is 5.02 Å². The Morgan fingerprint density at radius 1 is 1.16 bits per heavy atom. The van der Waals surface area contributed by atoms with E-state index in [2.05, 4.69) is 0 Å². The second-order valence-corrected chi connectivity index (χ2v) is 8.12.